The summed E-state index contributed by atoms with van der Waals surface area (Å²) in [5.41, 5.74) is 0. The van der Waals surface area contributed by atoms with Crippen molar-refractivity contribution >= 4 is 27.2 Å². The highest BCUT2D eigenvalue weighted by Crippen LogP contribution is 2.27. The van der Waals surface area contributed by atoms with Gasteiger partial charge in [-0.05, 0) is 24.8 Å². The molecule has 124 valence electrons. The van der Waals surface area contributed by atoms with Crippen LogP contribution in [0.15, 0.2) is 34.1 Å². The Hall–Kier alpha value is -1.71. The van der Waals surface area contributed by atoms with Crippen molar-refractivity contribution < 1.29 is 13.2 Å². The van der Waals surface area contributed by atoms with Crippen molar-refractivity contribution in [2.75, 3.05) is 24.6 Å². The van der Waals surface area contributed by atoms with Crippen LogP contribution in [0.25, 0.3) is 0 Å². The molecule has 1 aliphatic rings. The lowest BCUT2D eigenvalue weighted by molar-refractivity contribution is 0.326. The van der Waals surface area contributed by atoms with E-state index in [1.165, 1.54) is 11.3 Å². The molecule has 2 aromatic rings. The molecule has 0 radical (unpaired) electrons. The average molecular weight is 354 g/mol. The molecule has 1 atom stereocenters. The lowest BCUT2D eigenvalue weighted by atomic mass is 10.3. The minimum absolute atomic E-state index is 0.154. The number of sulfonamides is 1. The monoisotopic (exact) mass is 354 g/mol. The van der Waals surface area contributed by atoms with Crippen LogP contribution in [0.2, 0.25) is 0 Å². The lowest BCUT2D eigenvalue weighted by Crippen LogP contribution is -2.37. The quantitative estimate of drug-likeness (QED) is 0.846. The summed E-state index contributed by atoms with van der Waals surface area (Å²) in [6, 6.07) is 3.18. The third kappa shape index (κ3) is 3.62. The molecule has 1 unspecified atom stereocenters. The molecule has 2 aromatic heterocycles. The molecule has 0 saturated carbocycles. The van der Waals surface area contributed by atoms with E-state index in [1.807, 2.05) is 11.8 Å². The zero-order valence-corrected chi connectivity index (χ0v) is 14.3. The van der Waals surface area contributed by atoms with Gasteiger partial charge < -0.3 is 9.64 Å². The van der Waals surface area contributed by atoms with E-state index < -0.39 is 10.0 Å². The molecule has 23 heavy (non-hydrogen) atoms. The summed E-state index contributed by atoms with van der Waals surface area (Å²) < 4.78 is 33.2. The van der Waals surface area contributed by atoms with Gasteiger partial charge in [0, 0.05) is 31.5 Å². The minimum atomic E-state index is -3.45. The molecule has 0 aliphatic carbocycles. The first kappa shape index (κ1) is 16.2. The number of hydrogen-bond donors (Lipinski definition) is 1. The van der Waals surface area contributed by atoms with Gasteiger partial charge in [0.1, 0.15) is 4.21 Å². The van der Waals surface area contributed by atoms with Crippen LogP contribution in [0.3, 0.4) is 0 Å². The zero-order valence-electron chi connectivity index (χ0n) is 12.7. The molecule has 0 bridgehead atoms. The van der Waals surface area contributed by atoms with Gasteiger partial charge in [-0.1, -0.05) is 6.07 Å². The van der Waals surface area contributed by atoms with Crippen molar-refractivity contribution in [2.45, 2.75) is 23.6 Å². The van der Waals surface area contributed by atoms with Crippen LogP contribution in [-0.2, 0) is 10.0 Å². The third-order valence-corrected chi connectivity index (χ3v) is 6.42. The maximum absolute atomic E-state index is 12.3. The first-order chi connectivity index (χ1) is 11.1. The fraction of sp³-hybridized carbons (Fsp3) is 0.429. The Labute approximate surface area is 139 Å². The molecule has 0 spiro atoms. The molecule has 1 fully saturated rings. The van der Waals surface area contributed by atoms with Gasteiger partial charge in [0.25, 0.3) is 5.88 Å². The Morgan fingerprint density at radius 1 is 1.43 bits per heavy atom. The number of nitrogens with zero attached hydrogens (tertiary/aromatic N) is 3. The smallest absolute Gasteiger partial charge is 0.257 e. The maximum atomic E-state index is 12.3. The molecular formula is C14H18N4O3S2. The fourth-order valence-corrected chi connectivity index (χ4v) is 4.79. The molecule has 1 aliphatic heterocycles. The predicted molar refractivity (Wildman–Crippen MR) is 88.5 cm³/mol. The van der Waals surface area contributed by atoms with Gasteiger partial charge in [-0.15, -0.1) is 11.3 Å². The lowest BCUT2D eigenvalue weighted by Gasteiger charge is -2.19. The first-order valence-electron chi connectivity index (χ1n) is 7.34. The van der Waals surface area contributed by atoms with Gasteiger partial charge in [0.15, 0.2) is 5.82 Å². The number of rotatable bonds is 6. The number of nitrogens with one attached hydrogen (secondary N) is 1. The van der Waals surface area contributed by atoms with Gasteiger partial charge in [-0.25, -0.2) is 23.1 Å². The molecular weight excluding hydrogens is 336 g/mol. The second-order valence-electron chi connectivity index (χ2n) is 5.10. The summed E-state index contributed by atoms with van der Waals surface area (Å²) in [5, 5.41) is 1.75. The summed E-state index contributed by atoms with van der Waals surface area (Å²) in [5.74, 6) is 1.14. The number of hydrogen-bond acceptors (Lipinski definition) is 7. The van der Waals surface area contributed by atoms with Crippen molar-refractivity contribution in [1.29, 1.82) is 0 Å². The van der Waals surface area contributed by atoms with E-state index in [-0.39, 0.29) is 6.04 Å². The molecule has 3 heterocycles. The van der Waals surface area contributed by atoms with E-state index in [0.717, 1.165) is 0 Å². The topological polar surface area (TPSA) is 84.4 Å². The van der Waals surface area contributed by atoms with Crippen LogP contribution in [0, 0.1) is 0 Å². The highest BCUT2D eigenvalue weighted by molar-refractivity contribution is 7.91. The standard InChI is InChI=1S/C14H18N4O3S2/c1-2-21-14-13(15-6-7-16-14)18-8-5-11(10-18)17-23(19,20)12-4-3-9-22-12/h3-4,6-7,9,11,17H,2,5,8,10H2,1H3. The van der Waals surface area contributed by atoms with Crippen LogP contribution >= 0.6 is 11.3 Å². The number of thiophene rings is 1. The fourth-order valence-electron chi connectivity index (χ4n) is 2.52. The molecule has 7 nitrogen and oxygen atoms in total. The van der Waals surface area contributed by atoms with Crippen molar-refractivity contribution in [2.24, 2.45) is 0 Å². The van der Waals surface area contributed by atoms with Crippen molar-refractivity contribution in [3.8, 4) is 5.88 Å². The van der Waals surface area contributed by atoms with Crippen molar-refractivity contribution in [3.05, 3.63) is 29.9 Å². The van der Waals surface area contributed by atoms with Gasteiger partial charge in [0.05, 0.1) is 6.61 Å². The van der Waals surface area contributed by atoms with Crippen LogP contribution in [0.4, 0.5) is 5.82 Å². The Morgan fingerprint density at radius 3 is 3.00 bits per heavy atom. The molecule has 1 saturated heterocycles. The Morgan fingerprint density at radius 2 is 2.26 bits per heavy atom. The zero-order chi connectivity index (χ0) is 16.3. The summed E-state index contributed by atoms with van der Waals surface area (Å²) in [6.07, 6.45) is 3.91. The second kappa shape index (κ2) is 6.81. The van der Waals surface area contributed by atoms with Crippen molar-refractivity contribution in [1.82, 2.24) is 14.7 Å². The van der Waals surface area contributed by atoms with Gasteiger partial charge in [-0.2, -0.15) is 0 Å². The highest BCUT2D eigenvalue weighted by atomic mass is 32.2. The van der Waals surface area contributed by atoms with Crippen molar-refractivity contribution in [3.63, 3.8) is 0 Å². The average Bonchev–Trinajstić information content (AvgIpc) is 3.19. The molecule has 0 aromatic carbocycles. The predicted octanol–water partition coefficient (Wildman–Crippen LogP) is 1.49. The van der Waals surface area contributed by atoms with E-state index in [2.05, 4.69) is 14.7 Å². The Kier molecular flexibility index (Phi) is 4.79. The minimum Gasteiger partial charge on any atom is -0.475 e. The van der Waals surface area contributed by atoms with E-state index in [4.69, 9.17) is 4.74 Å². The third-order valence-electron chi connectivity index (χ3n) is 3.50. The highest BCUT2D eigenvalue weighted by Gasteiger charge is 2.30. The maximum Gasteiger partial charge on any atom is 0.257 e. The van der Waals surface area contributed by atoms with E-state index in [0.29, 0.717) is 42.0 Å². The summed E-state index contributed by atoms with van der Waals surface area (Å²) in [6.45, 7) is 3.65. The van der Waals surface area contributed by atoms with Gasteiger partial charge >= 0.3 is 0 Å². The largest absolute Gasteiger partial charge is 0.475 e. The van der Waals surface area contributed by atoms with Crippen LogP contribution in [-0.4, -0.2) is 44.1 Å². The Balaban J connectivity index is 1.70. The first-order valence-corrected chi connectivity index (χ1v) is 9.71. The number of ether oxygens (including phenoxy) is 1. The summed E-state index contributed by atoms with van der Waals surface area (Å²) in [4.78, 5) is 10.5. The SMILES string of the molecule is CCOc1nccnc1N1CCC(NS(=O)(=O)c2cccs2)C1. The van der Waals surface area contributed by atoms with Gasteiger partial charge in [-0.3, -0.25) is 0 Å². The molecule has 1 N–H and O–H groups in total. The number of aromatic nitrogens is 2. The normalized spacial score (nSPS) is 18.3. The molecule has 9 heteroatoms. The van der Waals surface area contributed by atoms with E-state index in [1.54, 1.807) is 29.9 Å². The van der Waals surface area contributed by atoms with Gasteiger partial charge in [0.2, 0.25) is 10.0 Å². The van der Waals surface area contributed by atoms with Crippen LogP contribution in [0.5, 0.6) is 5.88 Å². The van der Waals surface area contributed by atoms with Crippen LogP contribution < -0.4 is 14.4 Å². The number of anilines is 1. The molecule has 3 rings (SSSR count). The summed E-state index contributed by atoms with van der Waals surface area (Å²) >= 11 is 1.21. The molecule has 0 amide bonds. The van der Waals surface area contributed by atoms with E-state index >= 15 is 0 Å². The Bertz CT molecular complexity index is 749. The van der Waals surface area contributed by atoms with E-state index in [9.17, 15) is 8.42 Å². The summed E-state index contributed by atoms with van der Waals surface area (Å²) in [7, 11) is -3.45. The second-order valence-corrected chi connectivity index (χ2v) is 7.99. The van der Waals surface area contributed by atoms with Crippen LogP contribution in [0.1, 0.15) is 13.3 Å².